The summed E-state index contributed by atoms with van der Waals surface area (Å²) in [6.07, 6.45) is 0.935. The molecule has 41 heavy (non-hydrogen) atoms. The lowest BCUT2D eigenvalue weighted by Crippen LogP contribution is -2.68. The van der Waals surface area contributed by atoms with Gasteiger partial charge in [-0.1, -0.05) is 42.5 Å². The molecule has 2 aliphatic rings. The Hall–Kier alpha value is -2.86. The van der Waals surface area contributed by atoms with Crippen LogP contribution in [0.5, 0.6) is 0 Å². The average Bonchev–Trinajstić information content (AvgIpc) is 2.93. The predicted molar refractivity (Wildman–Crippen MR) is 144 cm³/mol. The van der Waals surface area contributed by atoms with Crippen molar-refractivity contribution in [3.05, 3.63) is 88.2 Å². The quantitative estimate of drug-likeness (QED) is 0.202. The molecule has 0 N–H and O–H groups in total. The van der Waals surface area contributed by atoms with E-state index in [1.165, 1.54) is 11.1 Å². The largest absolute Gasteiger partial charge is 0.383 e. The van der Waals surface area contributed by atoms with E-state index in [0.29, 0.717) is 26.0 Å². The van der Waals surface area contributed by atoms with Crippen molar-refractivity contribution in [2.75, 3.05) is 33.4 Å². The monoisotopic (exact) mass is 594 g/mol. The highest BCUT2D eigenvalue weighted by atomic mass is 32.2. The molecule has 0 amide bonds. The molecule has 0 spiro atoms. The van der Waals surface area contributed by atoms with Gasteiger partial charge in [0.05, 0.1) is 6.61 Å². The second kappa shape index (κ2) is 11.4. The van der Waals surface area contributed by atoms with Crippen LogP contribution in [-0.4, -0.2) is 63.1 Å². The molecule has 11 heteroatoms. The third kappa shape index (κ3) is 5.07. The van der Waals surface area contributed by atoms with Gasteiger partial charge in [0.25, 0.3) is 0 Å². The topological polar surface area (TPSA) is 49.9 Å². The summed E-state index contributed by atoms with van der Waals surface area (Å²) < 4.78 is 104. The van der Waals surface area contributed by atoms with E-state index in [0.717, 1.165) is 21.0 Å². The second-order valence-corrected chi connectivity index (χ2v) is 12.6. The Morgan fingerprint density at radius 3 is 2.10 bits per heavy atom. The van der Waals surface area contributed by atoms with Crippen LogP contribution in [-0.2, 0) is 14.8 Å². The number of halogens is 5. The lowest BCUT2D eigenvalue weighted by atomic mass is 9.74. The summed E-state index contributed by atoms with van der Waals surface area (Å²) in [5.41, 5.74) is 5.41. The maximum absolute atomic E-state index is 14.6. The van der Waals surface area contributed by atoms with Crippen molar-refractivity contribution in [2.45, 2.75) is 49.6 Å². The van der Waals surface area contributed by atoms with Crippen LogP contribution in [0.4, 0.5) is 22.0 Å². The summed E-state index contributed by atoms with van der Waals surface area (Å²) in [7, 11) is -3.47. The molecule has 5 rings (SSSR count). The first-order chi connectivity index (χ1) is 19.5. The summed E-state index contributed by atoms with van der Waals surface area (Å²) in [6, 6.07) is 13.6. The zero-order chi connectivity index (χ0) is 29.6. The van der Waals surface area contributed by atoms with Gasteiger partial charge in [0.1, 0.15) is 0 Å². The van der Waals surface area contributed by atoms with Crippen molar-refractivity contribution >= 4 is 10.0 Å². The molecule has 2 saturated heterocycles. The van der Waals surface area contributed by atoms with Crippen LogP contribution in [0.1, 0.15) is 35.4 Å². The standard InChI is InChI=1S/C30H31F5N2O3S/c1-17-7-6-8-21(18(17)2)19-9-11-20(12-10-19)24-22-15-36(13-4-5-14-37(22)23(24)16-40-3)41(38,39)30-28(34)26(32)25(31)27(33)29(30)35/h6-12,22-24H,4-5,13-16H2,1-3H3/t22-,23?,24-/m0/s1. The fourth-order valence-electron chi connectivity index (χ4n) is 6.17. The molecule has 2 fully saturated rings. The number of fused-ring (bicyclic) bond motifs is 1. The van der Waals surface area contributed by atoms with E-state index in [2.05, 4.69) is 11.8 Å². The first kappa shape index (κ1) is 29.6. The first-order valence-electron chi connectivity index (χ1n) is 13.4. The van der Waals surface area contributed by atoms with E-state index in [4.69, 9.17) is 4.74 Å². The fourth-order valence-corrected chi connectivity index (χ4v) is 7.78. The zero-order valence-electron chi connectivity index (χ0n) is 22.9. The Balaban J connectivity index is 1.50. The van der Waals surface area contributed by atoms with Crippen molar-refractivity contribution in [1.82, 2.24) is 9.21 Å². The molecule has 3 aromatic carbocycles. The van der Waals surface area contributed by atoms with E-state index in [1.54, 1.807) is 7.11 Å². The third-order valence-corrected chi connectivity index (χ3v) is 10.3. The van der Waals surface area contributed by atoms with Crippen LogP contribution >= 0.6 is 0 Å². The van der Waals surface area contributed by atoms with Gasteiger partial charge in [-0.15, -0.1) is 0 Å². The highest BCUT2D eigenvalue weighted by Gasteiger charge is 2.51. The Morgan fingerprint density at radius 1 is 0.854 bits per heavy atom. The number of methoxy groups -OCH3 is 1. The molecule has 3 aromatic rings. The summed E-state index contributed by atoms with van der Waals surface area (Å²) in [6.45, 7) is 4.86. The molecule has 220 valence electrons. The molecule has 0 radical (unpaired) electrons. The predicted octanol–water partition coefficient (Wildman–Crippen LogP) is 5.93. The second-order valence-electron chi connectivity index (χ2n) is 10.7. The van der Waals surface area contributed by atoms with Gasteiger partial charge < -0.3 is 4.74 Å². The van der Waals surface area contributed by atoms with Crippen molar-refractivity contribution in [3.8, 4) is 11.1 Å². The number of benzene rings is 3. The smallest absolute Gasteiger partial charge is 0.249 e. The molecule has 1 unspecified atom stereocenters. The summed E-state index contributed by atoms with van der Waals surface area (Å²) in [4.78, 5) is 0.288. The summed E-state index contributed by atoms with van der Waals surface area (Å²) in [5, 5.41) is 0. The van der Waals surface area contributed by atoms with Crippen molar-refractivity contribution in [2.24, 2.45) is 0 Å². The minimum Gasteiger partial charge on any atom is -0.383 e. The Bertz CT molecular complexity index is 1540. The van der Waals surface area contributed by atoms with Gasteiger partial charge in [0.2, 0.25) is 15.8 Å². The molecule has 0 aromatic heterocycles. The number of rotatable bonds is 6. The van der Waals surface area contributed by atoms with Crippen LogP contribution in [0.2, 0.25) is 0 Å². The minimum atomic E-state index is -5.06. The molecule has 0 bridgehead atoms. The Labute approximate surface area is 236 Å². The van der Waals surface area contributed by atoms with Gasteiger partial charge in [-0.05, 0) is 61.1 Å². The van der Waals surface area contributed by atoms with Crippen molar-refractivity contribution < 1.29 is 35.1 Å². The highest BCUT2D eigenvalue weighted by Crippen LogP contribution is 2.44. The molecule has 2 aliphatic heterocycles. The van der Waals surface area contributed by atoms with E-state index in [9.17, 15) is 30.4 Å². The van der Waals surface area contributed by atoms with E-state index in [-0.39, 0.29) is 25.0 Å². The van der Waals surface area contributed by atoms with Crippen LogP contribution in [0, 0.1) is 42.9 Å². The molecule has 5 nitrogen and oxygen atoms in total. The maximum atomic E-state index is 14.6. The SMILES string of the molecule is COCC1[C@@H](c2ccc(-c3cccc(C)c3C)cc2)[C@@H]2CN(S(=O)(=O)c3c(F)c(F)c(F)c(F)c3F)CCCCN12. The normalized spacial score (nSPS) is 22.1. The van der Waals surface area contributed by atoms with Gasteiger partial charge in [-0.25, -0.2) is 30.4 Å². The first-order valence-corrected chi connectivity index (χ1v) is 14.9. The highest BCUT2D eigenvalue weighted by molar-refractivity contribution is 7.89. The molecule has 2 heterocycles. The molecule has 3 atom stereocenters. The molecular weight excluding hydrogens is 563 g/mol. The molecular formula is C30H31F5N2O3S. The maximum Gasteiger partial charge on any atom is 0.249 e. The van der Waals surface area contributed by atoms with Crippen LogP contribution in [0.15, 0.2) is 47.4 Å². The van der Waals surface area contributed by atoms with Gasteiger partial charge in [-0.2, -0.15) is 4.31 Å². The molecule has 0 aliphatic carbocycles. The van der Waals surface area contributed by atoms with Crippen LogP contribution < -0.4 is 0 Å². The average molecular weight is 595 g/mol. The Kier molecular flexibility index (Phi) is 8.26. The zero-order valence-corrected chi connectivity index (χ0v) is 23.7. The van der Waals surface area contributed by atoms with E-state index in [1.807, 2.05) is 49.4 Å². The molecule has 0 saturated carbocycles. The summed E-state index contributed by atoms with van der Waals surface area (Å²) >= 11 is 0. The number of aryl methyl sites for hydroxylation is 1. The van der Waals surface area contributed by atoms with Crippen LogP contribution in [0.3, 0.4) is 0 Å². The lowest BCUT2D eigenvalue weighted by Gasteiger charge is -2.57. The summed E-state index contributed by atoms with van der Waals surface area (Å²) in [5.74, 6) is -11.9. The van der Waals surface area contributed by atoms with E-state index >= 15 is 0 Å². The lowest BCUT2D eigenvalue weighted by molar-refractivity contribution is -0.0635. The van der Waals surface area contributed by atoms with Gasteiger partial charge in [-0.3, -0.25) is 4.90 Å². The third-order valence-electron chi connectivity index (χ3n) is 8.46. The van der Waals surface area contributed by atoms with Gasteiger partial charge >= 0.3 is 0 Å². The van der Waals surface area contributed by atoms with Gasteiger partial charge in [0.15, 0.2) is 28.2 Å². The van der Waals surface area contributed by atoms with Crippen LogP contribution in [0.25, 0.3) is 11.1 Å². The van der Waals surface area contributed by atoms with E-state index < -0.39 is 50.0 Å². The number of ether oxygens (including phenoxy) is 1. The Morgan fingerprint density at radius 2 is 1.46 bits per heavy atom. The van der Waals surface area contributed by atoms with Crippen molar-refractivity contribution in [3.63, 3.8) is 0 Å². The number of hydrogen-bond acceptors (Lipinski definition) is 4. The number of sulfonamides is 1. The number of hydrogen-bond donors (Lipinski definition) is 0. The van der Waals surface area contributed by atoms with Crippen molar-refractivity contribution in [1.29, 1.82) is 0 Å². The van der Waals surface area contributed by atoms with Gasteiger partial charge in [0, 0.05) is 38.2 Å². The fraction of sp³-hybridized carbons (Fsp3) is 0.400. The minimum absolute atomic E-state index is 0.0756. The number of nitrogens with zero attached hydrogens (tertiary/aromatic N) is 2.